The van der Waals surface area contributed by atoms with Crippen LogP contribution in [0.3, 0.4) is 0 Å². The maximum absolute atomic E-state index is 11.9. The summed E-state index contributed by atoms with van der Waals surface area (Å²) in [5, 5.41) is 29.6. The third-order valence-corrected chi connectivity index (χ3v) is 8.98. The number of fused-ring (bicyclic) bond motifs is 1. The maximum atomic E-state index is 11.9. The molecule has 0 radical (unpaired) electrons. The molecule has 3 atom stereocenters. The Balaban J connectivity index is 1.49. The van der Waals surface area contributed by atoms with E-state index in [9.17, 15) is 20.1 Å². The van der Waals surface area contributed by atoms with Crippen molar-refractivity contribution < 1.29 is 24.9 Å². The molecule has 0 bridgehead atoms. The molecule has 1 aliphatic heterocycles. The fraction of sp³-hybridized carbons (Fsp3) is 0.606. The summed E-state index contributed by atoms with van der Waals surface area (Å²) in [6, 6.07) is 13.0. The minimum absolute atomic E-state index is 0.217. The Labute approximate surface area is 229 Å². The summed E-state index contributed by atoms with van der Waals surface area (Å²) in [6.07, 6.45) is 13.3. The number of phenols is 2. The fourth-order valence-corrected chi connectivity index (χ4v) is 6.26. The first-order valence-electron chi connectivity index (χ1n) is 14.7. The van der Waals surface area contributed by atoms with Crippen LogP contribution in [0.1, 0.15) is 121 Å². The van der Waals surface area contributed by atoms with E-state index in [1.165, 1.54) is 19.3 Å². The number of ether oxygens (including phenoxy) is 1. The molecule has 0 spiro atoms. The van der Waals surface area contributed by atoms with Gasteiger partial charge in [-0.05, 0) is 55.0 Å². The van der Waals surface area contributed by atoms with E-state index in [4.69, 9.17) is 4.74 Å². The maximum Gasteiger partial charge on any atom is 0.309 e. The molecular formula is C33H48O5. The molecule has 210 valence electrons. The van der Waals surface area contributed by atoms with E-state index in [0.717, 1.165) is 81.1 Å². The Morgan fingerprint density at radius 3 is 2.13 bits per heavy atom. The number of carbonyl (C=O) groups is 1. The highest BCUT2D eigenvalue weighted by Gasteiger charge is 2.42. The second kappa shape index (κ2) is 13.9. The molecule has 1 unspecified atom stereocenters. The van der Waals surface area contributed by atoms with Gasteiger partial charge in [0.1, 0.15) is 17.2 Å². The van der Waals surface area contributed by atoms with Crippen molar-refractivity contribution in [1.29, 1.82) is 0 Å². The summed E-state index contributed by atoms with van der Waals surface area (Å²) in [5.74, 6) is 0.908. The van der Waals surface area contributed by atoms with Crippen LogP contribution in [0.25, 0.3) is 0 Å². The molecule has 0 amide bonds. The first-order chi connectivity index (χ1) is 18.3. The van der Waals surface area contributed by atoms with Crippen LogP contribution in [0.5, 0.6) is 17.2 Å². The largest absolute Gasteiger partial charge is 0.508 e. The molecule has 1 heterocycles. The van der Waals surface area contributed by atoms with E-state index in [1.54, 1.807) is 24.3 Å². The molecule has 2 aromatic carbocycles. The molecule has 2 aromatic rings. The molecule has 1 aliphatic rings. The van der Waals surface area contributed by atoms with Gasteiger partial charge >= 0.3 is 5.97 Å². The summed E-state index contributed by atoms with van der Waals surface area (Å²) in [6.45, 7) is 6.93. The summed E-state index contributed by atoms with van der Waals surface area (Å²) < 4.78 is 6.13. The van der Waals surface area contributed by atoms with Crippen molar-refractivity contribution in [2.45, 2.75) is 116 Å². The Bertz CT molecular complexity index is 1020. The average Bonchev–Trinajstić information content (AvgIpc) is 2.90. The lowest BCUT2D eigenvalue weighted by Crippen LogP contribution is -2.40. The molecule has 5 nitrogen and oxygen atoms in total. The van der Waals surface area contributed by atoms with Gasteiger partial charge in [0.05, 0.1) is 12.0 Å². The van der Waals surface area contributed by atoms with E-state index in [2.05, 4.69) is 13.8 Å². The summed E-state index contributed by atoms with van der Waals surface area (Å²) in [4.78, 5) is 11.9. The Morgan fingerprint density at radius 2 is 1.50 bits per heavy atom. The molecule has 38 heavy (non-hydrogen) atoms. The van der Waals surface area contributed by atoms with Gasteiger partial charge in [0, 0.05) is 17.4 Å². The molecule has 0 fully saturated rings. The monoisotopic (exact) mass is 524 g/mol. The van der Waals surface area contributed by atoms with Gasteiger partial charge in [0.2, 0.25) is 0 Å². The van der Waals surface area contributed by atoms with Crippen molar-refractivity contribution in [3.05, 3.63) is 53.6 Å². The summed E-state index contributed by atoms with van der Waals surface area (Å²) >= 11 is 0. The predicted molar refractivity (Wildman–Crippen MR) is 153 cm³/mol. The molecule has 0 aliphatic carbocycles. The number of aromatic hydroxyl groups is 2. The first kappa shape index (κ1) is 29.9. The highest BCUT2D eigenvalue weighted by molar-refractivity contribution is 5.74. The van der Waals surface area contributed by atoms with Gasteiger partial charge in [-0.2, -0.15) is 0 Å². The first-order valence-corrected chi connectivity index (χ1v) is 14.7. The molecule has 0 saturated heterocycles. The van der Waals surface area contributed by atoms with Crippen LogP contribution >= 0.6 is 0 Å². The molecule has 3 N–H and O–H groups in total. The molecule has 0 aromatic heterocycles. The van der Waals surface area contributed by atoms with Crippen molar-refractivity contribution in [3.8, 4) is 17.2 Å². The zero-order valence-electron chi connectivity index (χ0n) is 23.7. The average molecular weight is 525 g/mol. The van der Waals surface area contributed by atoms with Crippen LogP contribution in [0.2, 0.25) is 0 Å². The lowest BCUT2D eigenvalue weighted by atomic mass is 9.66. The molecule has 0 saturated carbocycles. The number of phenolic OH excluding ortho intramolecular Hbond substituents is 2. The van der Waals surface area contributed by atoms with Crippen LogP contribution in [0.15, 0.2) is 42.5 Å². The van der Waals surface area contributed by atoms with E-state index in [0.29, 0.717) is 6.61 Å². The van der Waals surface area contributed by atoms with E-state index in [1.807, 2.05) is 25.1 Å². The fourth-order valence-electron chi connectivity index (χ4n) is 6.26. The minimum Gasteiger partial charge on any atom is -0.508 e. The van der Waals surface area contributed by atoms with Gasteiger partial charge in [-0.25, -0.2) is 0 Å². The van der Waals surface area contributed by atoms with Crippen LogP contribution in [0, 0.1) is 5.41 Å². The van der Waals surface area contributed by atoms with Gasteiger partial charge in [0.15, 0.2) is 0 Å². The predicted octanol–water partition coefficient (Wildman–Crippen LogP) is 8.71. The molecule has 5 heteroatoms. The Morgan fingerprint density at radius 1 is 0.895 bits per heavy atom. The SMILES string of the molecule is CCCCC(CC)(CCCCCCCCC[C@@H]1c2ccc(O)cc2OC[C@]1(C)c1ccc(O)cc1)C(=O)O. The van der Waals surface area contributed by atoms with Crippen LogP contribution < -0.4 is 4.74 Å². The van der Waals surface area contributed by atoms with Gasteiger partial charge in [-0.1, -0.05) is 96.8 Å². The zero-order chi connectivity index (χ0) is 27.6. The van der Waals surface area contributed by atoms with E-state index >= 15 is 0 Å². The van der Waals surface area contributed by atoms with Gasteiger partial charge in [0.25, 0.3) is 0 Å². The van der Waals surface area contributed by atoms with Crippen molar-refractivity contribution in [1.82, 2.24) is 0 Å². The lowest BCUT2D eigenvalue weighted by Gasteiger charge is -2.43. The van der Waals surface area contributed by atoms with E-state index in [-0.39, 0.29) is 22.8 Å². The smallest absolute Gasteiger partial charge is 0.309 e. The van der Waals surface area contributed by atoms with Crippen molar-refractivity contribution in [2.24, 2.45) is 5.41 Å². The van der Waals surface area contributed by atoms with Gasteiger partial charge in [-0.15, -0.1) is 0 Å². The number of hydrogen-bond acceptors (Lipinski definition) is 4. The molecule has 3 rings (SSSR count). The van der Waals surface area contributed by atoms with E-state index < -0.39 is 11.4 Å². The topological polar surface area (TPSA) is 87.0 Å². The van der Waals surface area contributed by atoms with Gasteiger partial charge in [-0.3, -0.25) is 4.79 Å². The van der Waals surface area contributed by atoms with Crippen LogP contribution in [0.4, 0.5) is 0 Å². The normalized spacial score (nSPS) is 20.3. The third kappa shape index (κ3) is 7.24. The van der Waals surface area contributed by atoms with Crippen molar-refractivity contribution in [2.75, 3.05) is 6.61 Å². The summed E-state index contributed by atoms with van der Waals surface area (Å²) in [7, 11) is 0. The number of hydrogen-bond donors (Lipinski definition) is 3. The van der Waals surface area contributed by atoms with Crippen LogP contribution in [-0.4, -0.2) is 27.9 Å². The highest BCUT2D eigenvalue weighted by Crippen LogP contribution is 2.49. The number of aliphatic carboxylic acids is 1. The number of carboxylic acids is 1. The number of benzene rings is 2. The number of rotatable bonds is 16. The summed E-state index contributed by atoms with van der Waals surface area (Å²) in [5.41, 5.74) is 1.55. The molecular weight excluding hydrogens is 476 g/mol. The highest BCUT2D eigenvalue weighted by atomic mass is 16.5. The Hall–Kier alpha value is -2.69. The van der Waals surface area contributed by atoms with Gasteiger partial charge < -0.3 is 20.1 Å². The quantitative estimate of drug-likeness (QED) is 0.191. The second-order valence-corrected chi connectivity index (χ2v) is 11.6. The van der Waals surface area contributed by atoms with Crippen LogP contribution in [-0.2, 0) is 10.2 Å². The second-order valence-electron chi connectivity index (χ2n) is 11.6. The Kier molecular flexibility index (Phi) is 10.9. The number of carboxylic acid groups (broad SMARTS) is 1. The third-order valence-electron chi connectivity index (χ3n) is 8.98. The number of unbranched alkanes of at least 4 members (excludes halogenated alkanes) is 7. The zero-order valence-corrected chi connectivity index (χ0v) is 23.7. The van der Waals surface area contributed by atoms with Crippen molar-refractivity contribution >= 4 is 5.97 Å². The van der Waals surface area contributed by atoms with Crippen molar-refractivity contribution in [3.63, 3.8) is 0 Å². The lowest BCUT2D eigenvalue weighted by molar-refractivity contribution is -0.150. The minimum atomic E-state index is -0.613. The standard InChI is InChI=1S/C33H48O5/c1-4-6-21-33(5-2,31(36)37)22-13-11-9-7-8-10-12-14-29-28-20-19-27(35)23-30(28)38-24-32(29,3)25-15-17-26(34)18-16-25/h15-20,23,29,34-35H,4-14,21-22,24H2,1-3H3,(H,36,37)/t29-,32-,33?/m1/s1.